The minimum Gasteiger partial charge on any atom is -0.0985 e. The van der Waals surface area contributed by atoms with Gasteiger partial charge < -0.3 is 0 Å². The van der Waals surface area contributed by atoms with Gasteiger partial charge in [0.25, 0.3) is 0 Å². The van der Waals surface area contributed by atoms with Crippen molar-refractivity contribution in [3.63, 3.8) is 0 Å². The summed E-state index contributed by atoms with van der Waals surface area (Å²) in [5.41, 5.74) is 3.90. The maximum Gasteiger partial charge on any atom is 0.0335 e. The molecule has 0 aliphatic heterocycles. The van der Waals surface area contributed by atoms with E-state index in [-0.39, 0.29) is 0 Å². The summed E-state index contributed by atoms with van der Waals surface area (Å²) >= 11 is 0. The summed E-state index contributed by atoms with van der Waals surface area (Å²) in [5.74, 6) is 2.00. The summed E-state index contributed by atoms with van der Waals surface area (Å²) < 4.78 is 0. The molecule has 0 aromatic heterocycles. The molecule has 0 fully saturated rings. The number of rotatable bonds is 4. The Morgan fingerprint density at radius 3 is 2.26 bits per heavy atom. The molecule has 0 heteroatoms. The van der Waals surface area contributed by atoms with Crippen molar-refractivity contribution in [3.05, 3.63) is 95.9 Å². The molecule has 2 aromatic carbocycles. The predicted molar refractivity (Wildman–Crippen MR) is 81.7 cm³/mol. The average molecular weight is 245 g/mol. The molecule has 3 rings (SSSR count). The largest absolute Gasteiger partial charge is 0.0985 e. The Bertz CT molecular complexity index is 575. The number of allylic oxidation sites excluding steroid dienone is 2. The van der Waals surface area contributed by atoms with E-state index >= 15 is 0 Å². The van der Waals surface area contributed by atoms with Gasteiger partial charge in [-0.15, -0.1) is 0 Å². The van der Waals surface area contributed by atoms with E-state index in [4.69, 9.17) is 0 Å². The van der Waals surface area contributed by atoms with Crippen LogP contribution in [0.25, 0.3) is 6.08 Å². The van der Waals surface area contributed by atoms with Crippen molar-refractivity contribution in [2.75, 3.05) is 0 Å². The standard InChI is InChI=1S/C19H17/c1-2-15-8-10-17(11-9-15)19-13-12-18(19)14-16-6-4-3-5-7-16/h2-13,18H,1,14H2. The first kappa shape index (κ1) is 12.0. The van der Waals surface area contributed by atoms with E-state index in [2.05, 4.69) is 73.3 Å². The Kier molecular flexibility index (Phi) is 3.33. The van der Waals surface area contributed by atoms with Crippen molar-refractivity contribution in [1.82, 2.24) is 0 Å². The van der Waals surface area contributed by atoms with Crippen LogP contribution in [0.2, 0.25) is 0 Å². The lowest BCUT2D eigenvalue weighted by atomic mass is 9.74. The Morgan fingerprint density at radius 2 is 1.68 bits per heavy atom. The molecule has 93 valence electrons. The van der Waals surface area contributed by atoms with E-state index in [1.807, 2.05) is 6.08 Å². The fourth-order valence-electron chi connectivity index (χ4n) is 2.50. The van der Waals surface area contributed by atoms with Gasteiger partial charge in [-0.05, 0) is 29.0 Å². The highest BCUT2D eigenvalue weighted by Gasteiger charge is 2.26. The third-order valence-corrected chi connectivity index (χ3v) is 3.69. The first-order valence-corrected chi connectivity index (χ1v) is 6.68. The Morgan fingerprint density at radius 1 is 0.947 bits per heavy atom. The van der Waals surface area contributed by atoms with E-state index in [0.717, 1.165) is 6.42 Å². The van der Waals surface area contributed by atoms with E-state index in [9.17, 15) is 0 Å². The molecule has 0 nitrogen and oxygen atoms in total. The highest BCUT2D eigenvalue weighted by Crippen LogP contribution is 2.36. The van der Waals surface area contributed by atoms with Crippen molar-refractivity contribution in [2.45, 2.75) is 6.42 Å². The molecule has 0 spiro atoms. The van der Waals surface area contributed by atoms with Crippen molar-refractivity contribution in [2.24, 2.45) is 5.92 Å². The van der Waals surface area contributed by atoms with Crippen LogP contribution >= 0.6 is 0 Å². The van der Waals surface area contributed by atoms with Gasteiger partial charge >= 0.3 is 0 Å². The molecule has 0 N–H and O–H groups in total. The van der Waals surface area contributed by atoms with Crippen LogP contribution in [0.1, 0.15) is 16.7 Å². The fraction of sp³-hybridized carbons (Fsp3) is 0.105. The molecule has 1 aliphatic carbocycles. The number of hydrogen-bond acceptors (Lipinski definition) is 0. The van der Waals surface area contributed by atoms with Gasteiger partial charge in [0.15, 0.2) is 0 Å². The molecule has 1 aliphatic rings. The SMILES string of the molecule is C=Cc1ccc([C]2C=CC2Cc2ccccc2)cc1. The normalized spacial score (nSPS) is 18.0. The zero-order valence-electron chi connectivity index (χ0n) is 10.9. The van der Waals surface area contributed by atoms with Gasteiger partial charge in [0.05, 0.1) is 0 Å². The summed E-state index contributed by atoms with van der Waals surface area (Å²) in [6, 6.07) is 19.3. The van der Waals surface area contributed by atoms with Crippen molar-refractivity contribution in [1.29, 1.82) is 0 Å². The minimum absolute atomic E-state index is 0.553. The molecule has 19 heavy (non-hydrogen) atoms. The lowest BCUT2D eigenvalue weighted by Crippen LogP contribution is -2.20. The molecule has 1 atom stereocenters. The van der Waals surface area contributed by atoms with Crippen LogP contribution in [0.5, 0.6) is 0 Å². The van der Waals surface area contributed by atoms with Gasteiger partial charge in [-0.1, -0.05) is 79.4 Å². The maximum atomic E-state index is 3.79. The zero-order chi connectivity index (χ0) is 13.1. The molecule has 0 saturated carbocycles. The molecule has 0 heterocycles. The Balaban J connectivity index is 1.72. The number of benzene rings is 2. The molecule has 0 amide bonds. The van der Waals surface area contributed by atoms with Crippen molar-refractivity contribution in [3.8, 4) is 0 Å². The van der Waals surface area contributed by atoms with Gasteiger partial charge in [-0.3, -0.25) is 0 Å². The second-order valence-electron chi connectivity index (χ2n) is 4.94. The van der Waals surface area contributed by atoms with Crippen LogP contribution in [-0.4, -0.2) is 0 Å². The first-order chi connectivity index (χ1) is 9.36. The van der Waals surface area contributed by atoms with Crippen LogP contribution in [0, 0.1) is 11.8 Å². The van der Waals surface area contributed by atoms with E-state index < -0.39 is 0 Å². The predicted octanol–water partition coefficient (Wildman–Crippen LogP) is 4.68. The van der Waals surface area contributed by atoms with E-state index in [0.29, 0.717) is 5.92 Å². The second-order valence-corrected chi connectivity index (χ2v) is 4.94. The van der Waals surface area contributed by atoms with Gasteiger partial charge in [0.2, 0.25) is 0 Å². The molecule has 1 unspecified atom stereocenters. The minimum atomic E-state index is 0.553. The van der Waals surface area contributed by atoms with Gasteiger partial charge in [-0.2, -0.15) is 0 Å². The maximum absolute atomic E-state index is 3.79. The summed E-state index contributed by atoms with van der Waals surface area (Å²) in [6.45, 7) is 3.79. The zero-order valence-corrected chi connectivity index (χ0v) is 10.9. The summed E-state index contributed by atoms with van der Waals surface area (Å²) in [7, 11) is 0. The van der Waals surface area contributed by atoms with Crippen molar-refractivity contribution < 1.29 is 0 Å². The summed E-state index contributed by atoms with van der Waals surface area (Å²) in [5, 5.41) is 0. The monoisotopic (exact) mass is 245 g/mol. The molecule has 0 saturated heterocycles. The van der Waals surface area contributed by atoms with Crippen LogP contribution in [-0.2, 0) is 6.42 Å². The average Bonchev–Trinajstić information content (AvgIpc) is 2.46. The molecular weight excluding hydrogens is 228 g/mol. The third kappa shape index (κ3) is 2.53. The summed E-state index contributed by atoms with van der Waals surface area (Å²) in [6.07, 6.45) is 7.50. The Labute approximate surface area is 115 Å². The van der Waals surface area contributed by atoms with Crippen LogP contribution in [0.15, 0.2) is 73.3 Å². The summed E-state index contributed by atoms with van der Waals surface area (Å²) in [4.78, 5) is 0. The quantitative estimate of drug-likeness (QED) is 0.733. The molecular formula is C19H17. The molecule has 1 radical (unpaired) electrons. The molecule has 0 bridgehead atoms. The van der Waals surface area contributed by atoms with E-state index in [1.165, 1.54) is 22.6 Å². The highest BCUT2D eigenvalue weighted by molar-refractivity contribution is 5.53. The van der Waals surface area contributed by atoms with Gasteiger partial charge in [0.1, 0.15) is 0 Å². The van der Waals surface area contributed by atoms with Crippen molar-refractivity contribution >= 4 is 6.08 Å². The fourth-order valence-corrected chi connectivity index (χ4v) is 2.50. The number of hydrogen-bond donors (Lipinski definition) is 0. The third-order valence-electron chi connectivity index (χ3n) is 3.69. The van der Waals surface area contributed by atoms with Crippen LogP contribution < -0.4 is 0 Å². The first-order valence-electron chi connectivity index (χ1n) is 6.68. The van der Waals surface area contributed by atoms with Crippen LogP contribution in [0.4, 0.5) is 0 Å². The van der Waals surface area contributed by atoms with Gasteiger partial charge in [-0.25, -0.2) is 0 Å². The van der Waals surface area contributed by atoms with Gasteiger partial charge in [0, 0.05) is 5.92 Å². The molecule has 2 aromatic rings. The van der Waals surface area contributed by atoms with E-state index in [1.54, 1.807) is 0 Å². The van der Waals surface area contributed by atoms with Crippen LogP contribution in [0.3, 0.4) is 0 Å². The smallest absolute Gasteiger partial charge is 0.0335 e. The Hall–Kier alpha value is -2.08. The lowest BCUT2D eigenvalue weighted by molar-refractivity contribution is 0.664. The topological polar surface area (TPSA) is 0 Å². The second kappa shape index (κ2) is 5.27. The highest BCUT2D eigenvalue weighted by atomic mass is 14.3. The lowest BCUT2D eigenvalue weighted by Gasteiger charge is -2.29.